The van der Waals surface area contributed by atoms with Gasteiger partial charge in [-0.15, -0.1) is 0 Å². The van der Waals surface area contributed by atoms with Crippen LogP contribution >= 0.6 is 0 Å². The molecule has 3 fully saturated rings. The van der Waals surface area contributed by atoms with E-state index in [1.807, 2.05) is 0 Å². The average Bonchev–Trinajstić information content (AvgIpc) is 3.22. The molecule has 0 radical (unpaired) electrons. The Morgan fingerprint density at radius 2 is 1.37 bits per heavy atom. The first-order chi connectivity index (χ1) is 9.02. The minimum absolute atomic E-state index is 0.266. The molecular weight excluding hydrogens is 259 g/mol. The number of hydrogen-bond acceptors (Lipinski definition) is 3. The molecule has 2 heterocycles. The van der Waals surface area contributed by atoms with Crippen LogP contribution in [0.15, 0.2) is 0 Å². The lowest BCUT2D eigenvalue weighted by atomic mass is 9.84. The molecule has 110 valence electrons. The number of alkyl halides is 3. The number of hydrogen-bond donors (Lipinski definition) is 0. The summed E-state index contributed by atoms with van der Waals surface area (Å²) in [6, 6.07) is 0.270. The number of rotatable bonds is 5. The summed E-state index contributed by atoms with van der Waals surface area (Å²) in [7, 11) is 0. The Morgan fingerprint density at radius 3 is 1.74 bits per heavy atom. The van der Waals surface area contributed by atoms with Crippen molar-refractivity contribution in [2.45, 2.75) is 50.1 Å². The zero-order valence-electron chi connectivity index (χ0n) is 10.9. The van der Waals surface area contributed by atoms with Crippen molar-refractivity contribution >= 4 is 0 Å². The summed E-state index contributed by atoms with van der Waals surface area (Å²) < 4.78 is 48.5. The molecule has 2 atom stereocenters. The van der Waals surface area contributed by atoms with E-state index in [1.165, 1.54) is 0 Å². The first-order valence-corrected chi connectivity index (χ1v) is 7.06. The molecule has 3 nitrogen and oxygen atoms in total. The second-order valence-electron chi connectivity index (χ2n) is 5.91. The third kappa shape index (κ3) is 3.83. The smallest absolute Gasteiger partial charge is 0.372 e. The zero-order chi connectivity index (χ0) is 13.5. The first kappa shape index (κ1) is 13.6. The van der Waals surface area contributed by atoms with Gasteiger partial charge in [0.25, 0.3) is 0 Å². The van der Waals surface area contributed by atoms with Crippen LogP contribution in [0.2, 0.25) is 0 Å². The summed E-state index contributed by atoms with van der Waals surface area (Å²) in [5, 5.41) is 0. The summed E-state index contributed by atoms with van der Waals surface area (Å²) in [5.74, 6) is -1.10. The van der Waals surface area contributed by atoms with Crippen molar-refractivity contribution in [2.24, 2.45) is 5.92 Å². The Labute approximate surface area is 111 Å². The largest absolute Gasteiger partial charge is 0.391 e. The van der Waals surface area contributed by atoms with Crippen molar-refractivity contribution < 1.29 is 22.6 Å². The van der Waals surface area contributed by atoms with E-state index in [2.05, 4.69) is 4.90 Å². The molecule has 0 aromatic heterocycles. The summed E-state index contributed by atoms with van der Waals surface area (Å²) >= 11 is 0. The van der Waals surface area contributed by atoms with E-state index in [1.54, 1.807) is 0 Å². The summed E-state index contributed by atoms with van der Waals surface area (Å²) in [5.41, 5.74) is 0. The van der Waals surface area contributed by atoms with E-state index < -0.39 is 12.1 Å². The maximum atomic E-state index is 12.7. The van der Waals surface area contributed by atoms with Crippen LogP contribution in [0.3, 0.4) is 0 Å². The van der Waals surface area contributed by atoms with E-state index in [0.29, 0.717) is 25.0 Å². The Morgan fingerprint density at radius 1 is 0.895 bits per heavy atom. The Kier molecular flexibility index (Phi) is 3.75. The maximum absolute atomic E-state index is 12.7. The molecule has 2 saturated heterocycles. The van der Waals surface area contributed by atoms with Crippen molar-refractivity contribution in [3.8, 4) is 0 Å². The number of halogens is 3. The second-order valence-corrected chi connectivity index (χ2v) is 5.91. The Bertz CT molecular complexity index is 294. The molecule has 0 N–H and O–H groups in total. The quantitative estimate of drug-likeness (QED) is 0.722. The van der Waals surface area contributed by atoms with Gasteiger partial charge in [0.15, 0.2) is 0 Å². The lowest BCUT2D eigenvalue weighted by molar-refractivity contribution is -0.184. The number of nitrogens with zero attached hydrogens (tertiary/aromatic N) is 1. The lowest BCUT2D eigenvalue weighted by Gasteiger charge is -2.37. The van der Waals surface area contributed by atoms with Gasteiger partial charge in [-0.2, -0.15) is 13.2 Å². The predicted octanol–water partition coefficient (Wildman–Crippen LogP) is 2.21. The normalized spacial score (nSPS) is 38.5. The van der Waals surface area contributed by atoms with Gasteiger partial charge in [0.1, 0.15) is 0 Å². The lowest BCUT2D eigenvalue weighted by Crippen LogP contribution is -2.44. The van der Waals surface area contributed by atoms with E-state index in [9.17, 15) is 13.2 Å². The van der Waals surface area contributed by atoms with Crippen LogP contribution < -0.4 is 0 Å². The molecule has 0 aromatic rings. The summed E-state index contributed by atoms with van der Waals surface area (Å²) in [6.07, 6.45) is -1.62. The molecule has 0 amide bonds. The highest BCUT2D eigenvalue weighted by molar-refractivity contribution is 4.88. The van der Waals surface area contributed by atoms with Gasteiger partial charge in [0.2, 0.25) is 0 Å². The fourth-order valence-electron chi connectivity index (χ4n) is 3.01. The summed E-state index contributed by atoms with van der Waals surface area (Å²) in [4.78, 5) is 2.29. The molecular formula is C13H20F3NO2. The van der Waals surface area contributed by atoms with Crippen LogP contribution in [-0.4, -0.2) is 55.6 Å². The molecule has 0 spiro atoms. The van der Waals surface area contributed by atoms with Crippen molar-refractivity contribution in [3.05, 3.63) is 0 Å². The monoisotopic (exact) mass is 279 g/mol. The van der Waals surface area contributed by atoms with Gasteiger partial charge in [0.05, 0.1) is 31.3 Å². The molecule has 3 rings (SSSR count). The summed E-state index contributed by atoms with van der Waals surface area (Å²) in [6.45, 7) is 3.28. The van der Waals surface area contributed by atoms with Crippen molar-refractivity contribution in [1.29, 1.82) is 0 Å². The average molecular weight is 279 g/mol. The first-order valence-electron chi connectivity index (χ1n) is 7.06. The molecule has 0 aromatic carbocycles. The standard InChI is InChI=1S/C13H20F3NO2/c14-13(15,16)9-1-3-10(4-2-9)17(5-11-7-18-11)6-12-8-19-12/h9-12H,1-8H2. The second kappa shape index (κ2) is 5.22. The van der Waals surface area contributed by atoms with Crippen LogP contribution in [0.4, 0.5) is 13.2 Å². The minimum atomic E-state index is -4.02. The molecule has 19 heavy (non-hydrogen) atoms. The van der Waals surface area contributed by atoms with Crippen LogP contribution in [0.5, 0.6) is 0 Å². The van der Waals surface area contributed by atoms with E-state index in [-0.39, 0.29) is 18.9 Å². The van der Waals surface area contributed by atoms with Gasteiger partial charge in [-0.3, -0.25) is 4.90 Å². The highest BCUT2D eigenvalue weighted by Gasteiger charge is 2.43. The fraction of sp³-hybridized carbons (Fsp3) is 1.00. The van der Waals surface area contributed by atoms with Crippen LogP contribution in [0.25, 0.3) is 0 Å². The van der Waals surface area contributed by atoms with Crippen molar-refractivity contribution in [1.82, 2.24) is 4.90 Å². The van der Waals surface area contributed by atoms with E-state index in [4.69, 9.17) is 9.47 Å². The van der Waals surface area contributed by atoms with Crippen LogP contribution in [0, 0.1) is 5.92 Å². The maximum Gasteiger partial charge on any atom is 0.391 e. The van der Waals surface area contributed by atoms with Crippen molar-refractivity contribution in [2.75, 3.05) is 26.3 Å². The van der Waals surface area contributed by atoms with Gasteiger partial charge >= 0.3 is 6.18 Å². The third-order valence-corrected chi connectivity index (χ3v) is 4.36. The molecule has 1 aliphatic carbocycles. The van der Waals surface area contributed by atoms with E-state index in [0.717, 1.165) is 26.3 Å². The molecule has 0 bridgehead atoms. The Balaban J connectivity index is 1.51. The van der Waals surface area contributed by atoms with Gasteiger partial charge in [-0.05, 0) is 25.7 Å². The molecule has 1 saturated carbocycles. The SMILES string of the molecule is FC(F)(F)C1CCC(N(CC2CO2)CC2CO2)CC1. The highest BCUT2D eigenvalue weighted by atomic mass is 19.4. The fourth-order valence-corrected chi connectivity index (χ4v) is 3.01. The van der Waals surface area contributed by atoms with Crippen LogP contribution in [0.1, 0.15) is 25.7 Å². The third-order valence-electron chi connectivity index (χ3n) is 4.36. The topological polar surface area (TPSA) is 28.3 Å². The number of epoxide rings is 2. The van der Waals surface area contributed by atoms with Gasteiger partial charge < -0.3 is 9.47 Å². The molecule has 3 aliphatic rings. The zero-order valence-corrected chi connectivity index (χ0v) is 10.9. The Hall–Kier alpha value is -0.330. The van der Waals surface area contributed by atoms with Gasteiger partial charge in [-0.1, -0.05) is 0 Å². The van der Waals surface area contributed by atoms with E-state index >= 15 is 0 Å². The molecule has 2 aliphatic heterocycles. The molecule has 6 heteroatoms. The van der Waals surface area contributed by atoms with Crippen molar-refractivity contribution in [3.63, 3.8) is 0 Å². The molecule has 2 unspecified atom stereocenters. The van der Waals surface area contributed by atoms with Crippen LogP contribution in [-0.2, 0) is 9.47 Å². The van der Waals surface area contributed by atoms with Gasteiger partial charge in [-0.25, -0.2) is 0 Å². The predicted molar refractivity (Wildman–Crippen MR) is 62.9 cm³/mol. The van der Waals surface area contributed by atoms with Gasteiger partial charge in [0, 0.05) is 19.1 Å². The number of ether oxygens (including phenoxy) is 2. The minimum Gasteiger partial charge on any atom is -0.372 e. The highest BCUT2D eigenvalue weighted by Crippen LogP contribution is 2.39.